The van der Waals surface area contributed by atoms with Crippen molar-refractivity contribution in [3.8, 4) is 0 Å². The maximum absolute atomic E-state index is 12.5. The highest BCUT2D eigenvalue weighted by molar-refractivity contribution is 5.76. The van der Waals surface area contributed by atoms with Crippen molar-refractivity contribution in [1.29, 1.82) is 0 Å². The van der Waals surface area contributed by atoms with E-state index in [1.54, 1.807) is 0 Å². The lowest BCUT2D eigenvalue weighted by Crippen LogP contribution is -2.51. The van der Waals surface area contributed by atoms with E-state index in [0.29, 0.717) is 11.8 Å². The van der Waals surface area contributed by atoms with E-state index in [1.165, 1.54) is 64.6 Å². The maximum Gasteiger partial charge on any atom is 0.222 e. The van der Waals surface area contributed by atoms with Crippen LogP contribution in [-0.4, -0.2) is 61.5 Å². The second kappa shape index (κ2) is 8.30. The van der Waals surface area contributed by atoms with Gasteiger partial charge < -0.3 is 10.2 Å². The number of piperazine rings is 1. The van der Waals surface area contributed by atoms with Crippen molar-refractivity contribution in [2.75, 3.05) is 45.8 Å². The van der Waals surface area contributed by atoms with Gasteiger partial charge in [0, 0.05) is 39.1 Å². The SMILES string of the molecule is O=C(CC1CCCCC1)N1CCN(CC2CCCNC2)CC1. The van der Waals surface area contributed by atoms with Gasteiger partial charge in [-0.2, -0.15) is 0 Å². The van der Waals surface area contributed by atoms with Crippen LogP contribution in [-0.2, 0) is 4.79 Å². The molecule has 0 aromatic heterocycles. The Labute approximate surface area is 135 Å². The fourth-order valence-electron chi connectivity index (χ4n) is 4.39. The van der Waals surface area contributed by atoms with E-state index >= 15 is 0 Å². The Hall–Kier alpha value is -0.610. The van der Waals surface area contributed by atoms with Crippen LogP contribution >= 0.6 is 0 Å². The highest BCUT2D eigenvalue weighted by atomic mass is 16.2. The third-order valence-electron chi connectivity index (χ3n) is 5.83. The lowest BCUT2D eigenvalue weighted by molar-refractivity contribution is -0.134. The number of amides is 1. The highest BCUT2D eigenvalue weighted by Crippen LogP contribution is 2.27. The largest absolute Gasteiger partial charge is 0.340 e. The van der Waals surface area contributed by atoms with E-state index in [-0.39, 0.29) is 0 Å². The summed E-state index contributed by atoms with van der Waals surface area (Å²) in [7, 11) is 0. The van der Waals surface area contributed by atoms with E-state index in [2.05, 4.69) is 15.1 Å². The number of piperidine rings is 1. The monoisotopic (exact) mass is 307 g/mol. The molecule has 1 amide bonds. The van der Waals surface area contributed by atoms with Gasteiger partial charge in [0.1, 0.15) is 0 Å². The van der Waals surface area contributed by atoms with E-state index < -0.39 is 0 Å². The van der Waals surface area contributed by atoms with Crippen LogP contribution in [0.25, 0.3) is 0 Å². The number of carbonyl (C=O) groups is 1. The van der Waals surface area contributed by atoms with Crippen LogP contribution in [0.4, 0.5) is 0 Å². The standard InChI is InChI=1S/C18H33N3O/c22-18(13-16-5-2-1-3-6-16)21-11-9-20(10-12-21)15-17-7-4-8-19-14-17/h16-17,19H,1-15H2. The Morgan fingerprint density at radius 3 is 2.32 bits per heavy atom. The van der Waals surface area contributed by atoms with Crippen molar-refractivity contribution in [3.05, 3.63) is 0 Å². The van der Waals surface area contributed by atoms with Crippen LogP contribution in [0.2, 0.25) is 0 Å². The second-order valence-corrected chi connectivity index (χ2v) is 7.60. The average Bonchev–Trinajstić information content (AvgIpc) is 2.57. The Morgan fingerprint density at radius 1 is 0.909 bits per heavy atom. The maximum atomic E-state index is 12.5. The summed E-state index contributed by atoms with van der Waals surface area (Å²) in [4.78, 5) is 17.2. The van der Waals surface area contributed by atoms with Gasteiger partial charge in [-0.25, -0.2) is 0 Å². The predicted octanol–water partition coefficient (Wildman–Crippen LogP) is 2.10. The van der Waals surface area contributed by atoms with Gasteiger partial charge in [-0.3, -0.25) is 9.69 Å². The summed E-state index contributed by atoms with van der Waals surface area (Å²) >= 11 is 0. The highest BCUT2D eigenvalue weighted by Gasteiger charge is 2.25. The molecule has 126 valence electrons. The minimum absolute atomic E-state index is 0.422. The smallest absolute Gasteiger partial charge is 0.222 e. The number of nitrogens with zero attached hydrogens (tertiary/aromatic N) is 2. The van der Waals surface area contributed by atoms with Crippen LogP contribution in [0.5, 0.6) is 0 Å². The van der Waals surface area contributed by atoms with Crippen molar-refractivity contribution >= 4 is 5.91 Å². The third kappa shape index (κ3) is 4.69. The molecule has 1 N–H and O–H groups in total. The van der Waals surface area contributed by atoms with Crippen LogP contribution in [0, 0.1) is 11.8 Å². The number of hydrogen-bond acceptors (Lipinski definition) is 3. The van der Waals surface area contributed by atoms with Crippen molar-refractivity contribution in [2.45, 2.75) is 51.4 Å². The molecule has 0 aromatic rings. The number of nitrogens with one attached hydrogen (secondary N) is 1. The summed E-state index contributed by atoms with van der Waals surface area (Å²) in [6.45, 7) is 7.65. The van der Waals surface area contributed by atoms with Crippen molar-refractivity contribution in [3.63, 3.8) is 0 Å². The molecular formula is C18H33N3O. The topological polar surface area (TPSA) is 35.6 Å². The molecule has 3 aliphatic rings. The summed E-state index contributed by atoms with van der Waals surface area (Å²) < 4.78 is 0. The van der Waals surface area contributed by atoms with E-state index in [1.807, 2.05) is 0 Å². The van der Waals surface area contributed by atoms with Gasteiger partial charge in [0.15, 0.2) is 0 Å². The molecule has 0 radical (unpaired) electrons. The molecule has 22 heavy (non-hydrogen) atoms. The zero-order valence-corrected chi connectivity index (χ0v) is 14.1. The molecule has 2 aliphatic heterocycles. The fourth-order valence-corrected chi connectivity index (χ4v) is 4.39. The molecule has 0 aromatic carbocycles. The van der Waals surface area contributed by atoms with Gasteiger partial charge in [-0.1, -0.05) is 19.3 Å². The second-order valence-electron chi connectivity index (χ2n) is 7.60. The summed E-state index contributed by atoms with van der Waals surface area (Å²) in [5.41, 5.74) is 0. The van der Waals surface area contributed by atoms with Gasteiger partial charge in [0.2, 0.25) is 5.91 Å². The lowest BCUT2D eigenvalue weighted by Gasteiger charge is -2.38. The average molecular weight is 307 g/mol. The number of rotatable bonds is 4. The van der Waals surface area contributed by atoms with E-state index in [0.717, 1.165) is 38.5 Å². The molecule has 2 heterocycles. The van der Waals surface area contributed by atoms with Gasteiger partial charge in [-0.15, -0.1) is 0 Å². The van der Waals surface area contributed by atoms with Crippen LogP contribution < -0.4 is 5.32 Å². The summed E-state index contributed by atoms with van der Waals surface area (Å²) in [5.74, 6) is 1.91. The van der Waals surface area contributed by atoms with Crippen LogP contribution in [0.1, 0.15) is 51.4 Å². The lowest BCUT2D eigenvalue weighted by atomic mass is 9.86. The van der Waals surface area contributed by atoms with E-state index in [9.17, 15) is 4.79 Å². The first-order valence-corrected chi connectivity index (χ1v) is 9.52. The first-order valence-electron chi connectivity index (χ1n) is 9.52. The molecule has 0 spiro atoms. The first kappa shape index (κ1) is 16.3. The summed E-state index contributed by atoms with van der Waals surface area (Å²) in [6.07, 6.45) is 10.1. The molecule has 4 heteroatoms. The Kier molecular flexibility index (Phi) is 6.13. The molecular weight excluding hydrogens is 274 g/mol. The quantitative estimate of drug-likeness (QED) is 0.864. The van der Waals surface area contributed by atoms with Gasteiger partial charge >= 0.3 is 0 Å². The van der Waals surface area contributed by atoms with Gasteiger partial charge in [0.05, 0.1) is 0 Å². The molecule has 4 nitrogen and oxygen atoms in total. The number of hydrogen-bond donors (Lipinski definition) is 1. The minimum atomic E-state index is 0.422. The predicted molar refractivity (Wildman–Crippen MR) is 89.8 cm³/mol. The molecule has 2 saturated heterocycles. The molecule has 3 rings (SSSR count). The summed E-state index contributed by atoms with van der Waals surface area (Å²) in [6, 6.07) is 0. The Balaban J connectivity index is 1.36. The van der Waals surface area contributed by atoms with Crippen molar-refractivity contribution < 1.29 is 4.79 Å². The molecule has 1 unspecified atom stereocenters. The van der Waals surface area contributed by atoms with Crippen molar-refractivity contribution in [2.24, 2.45) is 11.8 Å². The molecule has 1 atom stereocenters. The molecule has 1 aliphatic carbocycles. The third-order valence-corrected chi connectivity index (χ3v) is 5.83. The minimum Gasteiger partial charge on any atom is -0.340 e. The summed E-state index contributed by atoms with van der Waals surface area (Å²) in [5, 5.41) is 3.51. The van der Waals surface area contributed by atoms with E-state index in [4.69, 9.17) is 0 Å². The van der Waals surface area contributed by atoms with Crippen molar-refractivity contribution in [1.82, 2.24) is 15.1 Å². The fraction of sp³-hybridized carbons (Fsp3) is 0.944. The zero-order valence-electron chi connectivity index (χ0n) is 14.1. The molecule has 0 bridgehead atoms. The Morgan fingerprint density at radius 2 is 1.64 bits per heavy atom. The van der Waals surface area contributed by atoms with Gasteiger partial charge in [-0.05, 0) is 50.6 Å². The Bertz CT molecular complexity index is 340. The van der Waals surface area contributed by atoms with Crippen LogP contribution in [0.3, 0.4) is 0 Å². The molecule has 3 fully saturated rings. The zero-order chi connectivity index (χ0) is 15.2. The molecule has 1 saturated carbocycles. The normalized spacial score (nSPS) is 28.7. The number of carbonyl (C=O) groups excluding carboxylic acids is 1. The first-order chi connectivity index (χ1) is 10.8. The van der Waals surface area contributed by atoms with Crippen LogP contribution in [0.15, 0.2) is 0 Å². The van der Waals surface area contributed by atoms with Gasteiger partial charge in [0.25, 0.3) is 0 Å².